The zero-order valence-corrected chi connectivity index (χ0v) is 9.28. The Balaban J connectivity index is 2.50. The highest BCUT2D eigenvalue weighted by atomic mass is 16.4. The summed E-state index contributed by atoms with van der Waals surface area (Å²) in [6.45, 7) is 5.12. The Morgan fingerprint density at radius 2 is 2.20 bits per heavy atom. The van der Waals surface area contributed by atoms with Gasteiger partial charge in [0.2, 0.25) is 0 Å². The van der Waals surface area contributed by atoms with Crippen LogP contribution in [0.25, 0.3) is 0 Å². The second-order valence-corrected chi connectivity index (χ2v) is 3.87. The van der Waals surface area contributed by atoms with E-state index >= 15 is 0 Å². The topological polar surface area (TPSA) is 52.6 Å². The molecule has 1 aliphatic heterocycles. The van der Waals surface area contributed by atoms with Gasteiger partial charge in [-0.05, 0) is 32.4 Å². The highest BCUT2D eigenvalue weighted by Crippen LogP contribution is 2.12. The predicted molar refractivity (Wildman–Crippen MR) is 59.7 cm³/mol. The molecule has 1 aliphatic rings. The van der Waals surface area contributed by atoms with Gasteiger partial charge in [0, 0.05) is 24.9 Å². The van der Waals surface area contributed by atoms with Crippen molar-refractivity contribution < 1.29 is 9.90 Å². The minimum Gasteiger partial charge on any atom is -0.478 e. The SMILES string of the molecule is CCCN(C=CC(=O)O)C1CCNCC1. The molecule has 0 spiro atoms. The highest BCUT2D eigenvalue weighted by molar-refractivity contribution is 5.79. The lowest BCUT2D eigenvalue weighted by Crippen LogP contribution is -2.40. The average Bonchev–Trinajstić information content (AvgIpc) is 2.25. The van der Waals surface area contributed by atoms with Crippen molar-refractivity contribution in [1.82, 2.24) is 10.2 Å². The van der Waals surface area contributed by atoms with Gasteiger partial charge in [-0.1, -0.05) is 6.92 Å². The molecule has 0 unspecified atom stereocenters. The first-order chi connectivity index (χ1) is 7.24. The van der Waals surface area contributed by atoms with Gasteiger partial charge in [0.1, 0.15) is 0 Å². The Labute approximate surface area is 91.0 Å². The van der Waals surface area contributed by atoms with Gasteiger partial charge in [-0.2, -0.15) is 0 Å². The van der Waals surface area contributed by atoms with Crippen LogP contribution in [0.4, 0.5) is 0 Å². The van der Waals surface area contributed by atoms with Crippen LogP contribution in [0.5, 0.6) is 0 Å². The van der Waals surface area contributed by atoms with Crippen molar-refractivity contribution >= 4 is 5.97 Å². The van der Waals surface area contributed by atoms with Crippen molar-refractivity contribution in [2.24, 2.45) is 0 Å². The normalized spacial score (nSPS) is 18.2. The van der Waals surface area contributed by atoms with Crippen LogP contribution in [0.3, 0.4) is 0 Å². The van der Waals surface area contributed by atoms with Crippen molar-refractivity contribution in [2.75, 3.05) is 19.6 Å². The molecule has 1 rings (SSSR count). The third-order valence-corrected chi connectivity index (χ3v) is 2.67. The highest BCUT2D eigenvalue weighted by Gasteiger charge is 2.17. The van der Waals surface area contributed by atoms with E-state index in [0.717, 1.165) is 38.9 Å². The van der Waals surface area contributed by atoms with Crippen LogP contribution in [0, 0.1) is 0 Å². The van der Waals surface area contributed by atoms with Gasteiger partial charge < -0.3 is 15.3 Å². The maximum atomic E-state index is 10.5. The van der Waals surface area contributed by atoms with E-state index in [1.807, 2.05) is 0 Å². The lowest BCUT2D eigenvalue weighted by Gasteiger charge is -2.33. The van der Waals surface area contributed by atoms with Gasteiger partial charge in [-0.3, -0.25) is 0 Å². The number of nitrogens with zero attached hydrogens (tertiary/aromatic N) is 1. The molecule has 0 aromatic carbocycles. The fourth-order valence-corrected chi connectivity index (χ4v) is 1.93. The minimum absolute atomic E-state index is 0.502. The van der Waals surface area contributed by atoms with E-state index < -0.39 is 5.97 Å². The summed E-state index contributed by atoms with van der Waals surface area (Å²) < 4.78 is 0. The van der Waals surface area contributed by atoms with Crippen LogP contribution in [-0.4, -0.2) is 41.7 Å². The first-order valence-electron chi connectivity index (χ1n) is 5.61. The van der Waals surface area contributed by atoms with E-state index in [0.29, 0.717) is 6.04 Å². The Bertz CT molecular complexity index is 223. The van der Waals surface area contributed by atoms with Crippen molar-refractivity contribution in [2.45, 2.75) is 32.2 Å². The molecule has 86 valence electrons. The largest absolute Gasteiger partial charge is 0.478 e. The Morgan fingerprint density at radius 3 is 2.73 bits per heavy atom. The van der Waals surface area contributed by atoms with Crippen LogP contribution in [0.1, 0.15) is 26.2 Å². The molecule has 2 N–H and O–H groups in total. The van der Waals surface area contributed by atoms with E-state index in [-0.39, 0.29) is 0 Å². The van der Waals surface area contributed by atoms with Gasteiger partial charge in [-0.15, -0.1) is 0 Å². The first-order valence-corrected chi connectivity index (χ1v) is 5.61. The monoisotopic (exact) mass is 212 g/mol. The summed E-state index contributed by atoms with van der Waals surface area (Å²) >= 11 is 0. The quantitative estimate of drug-likeness (QED) is 0.669. The predicted octanol–water partition coefficient (Wildman–Crippen LogP) is 1.05. The number of carboxylic acids is 1. The molecule has 1 fully saturated rings. The molecular weight excluding hydrogens is 192 g/mol. The summed E-state index contributed by atoms with van der Waals surface area (Å²) in [6, 6.07) is 0.502. The molecule has 1 heterocycles. The Hall–Kier alpha value is -1.03. The molecule has 0 saturated carbocycles. The standard InChI is InChI=1S/C11H20N2O2/c1-2-8-13(9-5-11(14)15)10-3-6-12-7-4-10/h5,9-10,12H,2-4,6-8H2,1H3,(H,14,15). The summed E-state index contributed by atoms with van der Waals surface area (Å²) in [4.78, 5) is 12.6. The van der Waals surface area contributed by atoms with Crippen LogP contribution in [0.2, 0.25) is 0 Å². The lowest BCUT2D eigenvalue weighted by atomic mass is 10.1. The van der Waals surface area contributed by atoms with Gasteiger partial charge >= 0.3 is 5.97 Å². The number of aliphatic carboxylic acids is 1. The maximum absolute atomic E-state index is 10.5. The van der Waals surface area contributed by atoms with Gasteiger partial charge in [0.05, 0.1) is 0 Å². The van der Waals surface area contributed by atoms with Crippen molar-refractivity contribution in [1.29, 1.82) is 0 Å². The van der Waals surface area contributed by atoms with Gasteiger partial charge in [0.25, 0.3) is 0 Å². The molecule has 0 atom stereocenters. The molecule has 4 heteroatoms. The second-order valence-electron chi connectivity index (χ2n) is 3.87. The molecule has 0 aromatic heterocycles. The van der Waals surface area contributed by atoms with E-state index in [1.54, 1.807) is 6.20 Å². The number of hydrogen-bond acceptors (Lipinski definition) is 3. The average molecular weight is 212 g/mol. The molecule has 0 bridgehead atoms. The number of rotatable bonds is 5. The molecular formula is C11H20N2O2. The smallest absolute Gasteiger partial charge is 0.329 e. The summed E-state index contributed by atoms with van der Waals surface area (Å²) in [5.74, 6) is -0.870. The van der Waals surface area contributed by atoms with Crippen LogP contribution in [-0.2, 0) is 4.79 Å². The van der Waals surface area contributed by atoms with E-state index in [4.69, 9.17) is 5.11 Å². The molecule has 1 saturated heterocycles. The second kappa shape index (κ2) is 6.45. The van der Waals surface area contributed by atoms with Gasteiger partial charge in [-0.25, -0.2) is 4.79 Å². The fourth-order valence-electron chi connectivity index (χ4n) is 1.93. The van der Waals surface area contributed by atoms with Crippen molar-refractivity contribution in [3.8, 4) is 0 Å². The summed E-state index contributed by atoms with van der Waals surface area (Å²) in [7, 11) is 0. The molecule has 0 amide bonds. The first kappa shape index (κ1) is 12.0. The van der Waals surface area contributed by atoms with Crippen molar-refractivity contribution in [3.05, 3.63) is 12.3 Å². The Morgan fingerprint density at radius 1 is 1.53 bits per heavy atom. The lowest BCUT2D eigenvalue weighted by molar-refractivity contribution is -0.131. The number of hydrogen-bond donors (Lipinski definition) is 2. The summed E-state index contributed by atoms with van der Waals surface area (Å²) in [5, 5.41) is 11.9. The Kier molecular flexibility index (Phi) is 5.18. The molecule has 0 aliphatic carbocycles. The van der Waals surface area contributed by atoms with Gasteiger partial charge in [0.15, 0.2) is 0 Å². The number of carboxylic acid groups (broad SMARTS) is 1. The van der Waals surface area contributed by atoms with E-state index in [2.05, 4.69) is 17.1 Å². The zero-order valence-electron chi connectivity index (χ0n) is 9.28. The fraction of sp³-hybridized carbons (Fsp3) is 0.727. The number of piperidine rings is 1. The van der Waals surface area contributed by atoms with E-state index in [1.165, 1.54) is 6.08 Å². The molecule has 0 radical (unpaired) electrons. The maximum Gasteiger partial charge on any atom is 0.329 e. The number of carbonyl (C=O) groups is 1. The zero-order chi connectivity index (χ0) is 11.1. The minimum atomic E-state index is -0.870. The van der Waals surface area contributed by atoms with Crippen LogP contribution in [0.15, 0.2) is 12.3 Å². The van der Waals surface area contributed by atoms with Crippen molar-refractivity contribution in [3.63, 3.8) is 0 Å². The van der Waals surface area contributed by atoms with Crippen LogP contribution >= 0.6 is 0 Å². The third kappa shape index (κ3) is 4.34. The number of nitrogens with one attached hydrogen (secondary N) is 1. The molecule has 15 heavy (non-hydrogen) atoms. The summed E-state index contributed by atoms with van der Waals surface area (Å²) in [6.07, 6.45) is 6.21. The third-order valence-electron chi connectivity index (χ3n) is 2.67. The summed E-state index contributed by atoms with van der Waals surface area (Å²) in [5.41, 5.74) is 0. The molecule has 4 nitrogen and oxygen atoms in total. The van der Waals surface area contributed by atoms with Crippen LogP contribution < -0.4 is 5.32 Å². The van der Waals surface area contributed by atoms with E-state index in [9.17, 15) is 4.79 Å². The molecule has 0 aromatic rings.